The van der Waals surface area contributed by atoms with Crippen LogP contribution in [0, 0.1) is 12.1 Å². The summed E-state index contributed by atoms with van der Waals surface area (Å²) >= 11 is 0. The van der Waals surface area contributed by atoms with E-state index in [1.54, 1.807) is 18.5 Å². The molecular weight excluding hydrogens is 606 g/mol. The molecule has 0 saturated carbocycles. The summed E-state index contributed by atoms with van der Waals surface area (Å²) in [6.07, 6.45) is 3.32. The molecule has 3 aromatic carbocycles. The molecule has 0 radical (unpaired) electrons. The van der Waals surface area contributed by atoms with E-state index in [1.165, 1.54) is 15.9 Å². The Morgan fingerprint density at radius 1 is 0.727 bits per heavy atom. The van der Waals surface area contributed by atoms with Crippen molar-refractivity contribution in [2.75, 3.05) is 0 Å². The number of benzene rings is 3. The molecule has 6 aromatic rings. The van der Waals surface area contributed by atoms with Gasteiger partial charge in [0.1, 0.15) is 0 Å². The van der Waals surface area contributed by atoms with Crippen molar-refractivity contribution in [3.05, 3.63) is 115 Å². The van der Waals surface area contributed by atoms with Crippen molar-refractivity contribution in [1.29, 1.82) is 0 Å². The summed E-state index contributed by atoms with van der Waals surface area (Å²) < 4.78 is 13.7. The molecule has 0 amide bonds. The summed E-state index contributed by atoms with van der Waals surface area (Å²) in [5, 5.41) is 4.85. The molecule has 3 nitrogen and oxygen atoms in total. The van der Waals surface area contributed by atoms with Crippen molar-refractivity contribution in [2.45, 2.75) is 0 Å². The number of aromatic nitrogens is 2. The molecule has 33 heavy (non-hydrogen) atoms. The molecule has 1 atom stereocenters. The Hall–Kier alpha value is -3.25. The van der Waals surface area contributed by atoms with Crippen LogP contribution in [0.4, 0.5) is 0 Å². The zero-order chi connectivity index (χ0) is 22.2. The molecule has 0 N–H and O–H groups in total. The first kappa shape index (κ1) is 20.4. The van der Waals surface area contributed by atoms with Gasteiger partial charge in [0.25, 0.3) is 0 Å². The zero-order valence-electron chi connectivity index (χ0n) is 18.3. The van der Waals surface area contributed by atoms with E-state index in [0.29, 0.717) is 17.7 Å². The first-order valence-corrected chi connectivity index (χ1v) is 11.6. The zero-order valence-corrected chi connectivity index (χ0v) is 20.5. The van der Waals surface area contributed by atoms with E-state index in [0.717, 1.165) is 21.7 Å². The number of nitrogens with zero attached hydrogens (tertiary/aromatic N) is 2. The predicted octanol–water partition coefficient (Wildman–Crippen LogP) is 7.82. The third kappa shape index (κ3) is 4.11. The second-order valence-corrected chi connectivity index (χ2v) is 9.36. The van der Waals surface area contributed by atoms with E-state index >= 15 is 0 Å². The summed E-state index contributed by atoms with van der Waals surface area (Å²) in [5.74, 6) is 1.14. The fourth-order valence-electron chi connectivity index (χ4n) is 3.92. The van der Waals surface area contributed by atoms with Crippen LogP contribution in [0.25, 0.3) is 37.6 Å². The summed E-state index contributed by atoms with van der Waals surface area (Å²) in [6, 6.07) is 35.4. The van der Waals surface area contributed by atoms with Gasteiger partial charge in [-0.15, -0.1) is 18.2 Å². The van der Waals surface area contributed by atoms with Crippen LogP contribution in [0.5, 0.6) is 11.6 Å². The summed E-state index contributed by atoms with van der Waals surface area (Å²) in [6.45, 7) is 0. The van der Waals surface area contributed by atoms with Crippen molar-refractivity contribution < 1.29 is 27.2 Å². The van der Waals surface area contributed by atoms with Crippen molar-refractivity contribution in [1.82, 2.24) is 9.97 Å². The third-order valence-corrected chi connectivity index (χ3v) is 7.72. The van der Waals surface area contributed by atoms with Gasteiger partial charge in [-0.1, -0.05) is 54.4 Å². The first-order valence-electron chi connectivity index (χ1n) is 10.8. The van der Waals surface area contributed by atoms with Gasteiger partial charge in [0, 0.05) is 24.2 Å². The van der Waals surface area contributed by atoms with Crippen molar-refractivity contribution in [2.24, 2.45) is 0 Å². The summed E-state index contributed by atoms with van der Waals surface area (Å²) in [4.78, 5) is 8.84. The van der Waals surface area contributed by atoms with E-state index in [4.69, 9.17) is 6.11 Å². The fourth-order valence-corrected chi connectivity index (χ4v) is 6.37. The van der Waals surface area contributed by atoms with Crippen molar-refractivity contribution in [3.8, 4) is 28.2 Å². The predicted molar refractivity (Wildman–Crippen MR) is 131 cm³/mol. The Morgan fingerprint density at radius 3 is 2.45 bits per heavy atom. The maximum Gasteiger partial charge on any atom is 2.00 e. The minimum absolute atomic E-state index is 0. The number of pyridine rings is 2. The minimum Gasteiger partial charge on any atom is -0.460 e. The van der Waals surface area contributed by atoms with Crippen molar-refractivity contribution >= 4 is 28.5 Å². The Morgan fingerprint density at radius 2 is 1.61 bits per heavy atom. The van der Waals surface area contributed by atoms with Crippen LogP contribution in [0.3, 0.4) is 0 Å². The average molecular weight is 625 g/mol. The van der Waals surface area contributed by atoms with Gasteiger partial charge in [-0.05, 0) is 28.7 Å². The van der Waals surface area contributed by atoms with Crippen molar-refractivity contribution in [3.63, 3.8) is 0 Å². The minimum atomic E-state index is -0.843. The topological polar surface area (TPSA) is 35.0 Å². The van der Waals surface area contributed by atoms with E-state index in [-0.39, 0.29) is 21.1 Å². The molecule has 160 valence electrons. The SMILES string of the molecule is [2H]c1ccc(-p2c3[c-]c(-c4[c-]c(Oc5ccccn5)ccc4)ccc3c3ccccc32)nc1.[Pt+2]. The van der Waals surface area contributed by atoms with Gasteiger partial charge in [0.15, 0.2) is 0 Å². The van der Waals surface area contributed by atoms with Gasteiger partial charge in [-0.25, -0.2) is 16.1 Å². The monoisotopic (exact) mass is 624 g/mol. The molecule has 0 aliphatic rings. The second kappa shape index (κ2) is 9.31. The molecular formula is C28H17N2OPPt. The molecule has 1 unspecified atom stereocenters. The number of rotatable bonds is 4. The molecule has 3 aromatic heterocycles. The van der Waals surface area contributed by atoms with Crippen LogP contribution >= 0.6 is 7.53 Å². The van der Waals surface area contributed by atoms with Gasteiger partial charge >= 0.3 is 21.1 Å². The van der Waals surface area contributed by atoms with E-state index in [2.05, 4.69) is 58.5 Å². The number of ether oxygens (including phenoxy) is 1. The largest absolute Gasteiger partial charge is 2.00 e. The van der Waals surface area contributed by atoms with Gasteiger partial charge in [-0.3, -0.25) is 4.98 Å². The van der Waals surface area contributed by atoms with E-state index < -0.39 is 7.53 Å². The third-order valence-electron chi connectivity index (χ3n) is 5.32. The number of hydrogen-bond acceptors (Lipinski definition) is 3. The number of fused-ring (bicyclic) bond motifs is 3. The van der Waals surface area contributed by atoms with Gasteiger partial charge in [0.05, 0.1) is 6.81 Å². The van der Waals surface area contributed by atoms with Crippen LogP contribution < -0.4 is 4.74 Å². The van der Waals surface area contributed by atoms with Crippen LogP contribution in [-0.4, -0.2) is 9.97 Å². The summed E-state index contributed by atoms with van der Waals surface area (Å²) in [5.41, 5.74) is 2.85. The standard InChI is InChI=1S/C28H17N2OP.Pt/c1-2-11-25-23(10-1)24-15-14-21(19-26(24)32(25)28-13-4-6-17-30-28)20-8-7-9-22(18-20)31-27-12-3-5-16-29-27;/h1-17H;/q-2;+2/i6D;. The average Bonchev–Trinajstić information content (AvgIpc) is 3.19. The quantitative estimate of drug-likeness (QED) is 0.188. The molecule has 0 fully saturated rings. The molecule has 6 rings (SSSR count). The van der Waals surface area contributed by atoms with Crippen LogP contribution in [0.2, 0.25) is 0 Å². The first-order chi connectivity index (χ1) is 16.3. The van der Waals surface area contributed by atoms with Crippen LogP contribution in [0.15, 0.2) is 103 Å². The van der Waals surface area contributed by atoms with Crippen LogP contribution in [0.1, 0.15) is 1.37 Å². The Balaban J connectivity index is 0.00000241. The molecule has 5 heteroatoms. The molecule has 0 aliphatic heterocycles. The Labute approximate surface area is 208 Å². The van der Waals surface area contributed by atoms with Gasteiger partial charge < -0.3 is 4.74 Å². The fraction of sp³-hybridized carbons (Fsp3) is 0. The molecule has 0 saturated heterocycles. The Bertz CT molecular complexity index is 1600. The smallest absolute Gasteiger partial charge is 0.460 e. The van der Waals surface area contributed by atoms with Crippen LogP contribution in [-0.2, 0) is 21.1 Å². The maximum atomic E-state index is 7.82. The maximum absolute atomic E-state index is 7.82. The van der Waals surface area contributed by atoms with E-state index in [9.17, 15) is 0 Å². The summed E-state index contributed by atoms with van der Waals surface area (Å²) in [7, 11) is -0.843. The normalized spacial score (nSPS) is 11.8. The number of hydrogen-bond donors (Lipinski definition) is 0. The second-order valence-electron chi connectivity index (χ2n) is 7.30. The molecule has 0 spiro atoms. The molecule has 0 aliphatic carbocycles. The van der Waals surface area contributed by atoms with Gasteiger partial charge in [-0.2, -0.15) is 24.3 Å². The molecule has 3 heterocycles. The van der Waals surface area contributed by atoms with Gasteiger partial charge in [0.2, 0.25) is 5.88 Å². The molecule has 0 bridgehead atoms. The Kier molecular flexibility index (Phi) is 5.75. The van der Waals surface area contributed by atoms with E-state index in [1.807, 2.05) is 42.5 Å².